The molecule has 3 rings (SSSR count). The summed E-state index contributed by atoms with van der Waals surface area (Å²) in [6.45, 7) is 8.36. The zero-order valence-corrected chi connectivity index (χ0v) is 26.7. The summed E-state index contributed by atoms with van der Waals surface area (Å²) in [6.07, 6.45) is 0.271. The Morgan fingerprint density at radius 2 is 1.51 bits per heavy atom. The van der Waals surface area contributed by atoms with Gasteiger partial charge >= 0.3 is 0 Å². The summed E-state index contributed by atoms with van der Waals surface area (Å²) < 4.78 is 29.0. The largest absolute Gasteiger partial charge is 0.352 e. The molecule has 1 atom stereocenters. The SMILES string of the molecule is CCC(C(=O)NC(C)C)N(Cc1c(Cl)cccc1Cl)C(=O)CN(c1ccc(C)c(Cl)c1)S(=O)(=O)c1ccc(C)cc1. The minimum Gasteiger partial charge on any atom is -0.352 e. The third-order valence-corrected chi connectivity index (χ3v) is 9.44. The third kappa shape index (κ3) is 7.95. The highest BCUT2D eigenvalue weighted by Gasteiger charge is 2.34. The van der Waals surface area contributed by atoms with Crippen molar-refractivity contribution in [3.05, 3.63) is 92.4 Å². The van der Waals surface area contributed by atoms with Gasteiger partial charge in [-0.25, -0.2) is 8.42 Å². The number of hydrogen-bond donors (Lipinski definition) is 1. The van der Waals surface area contributed by atoms with Gasteiger partial charge in [0, 0.05) is 33.2 Å². The van der Waals surface area contributed by atoms with Crippen molar-refractivity contribution in [3.63, 3.8) is 0 Å². The van der Waals surface area contributed by atoms with E-state index in [1.165, 1.54) is 23.1 Å². The number of sulfonamides is 1. The maximum atomic E-state index is 14.1. The van der Waals surface area contributed by atoms with E-state index in [1.807, 2.05) is 20.8 Å². The Balaban J connectivity index is 2.13. The topological polar surface area (TPSA) is 86.8 Å². The van der Waals surface area contributed by atoms with E-state index in [2.05, 4.69) is 5.32 Å². The summed E-state index contributed by atoms with van der Waals surface area (Å²) in [4.78, 5) is 28.8. The van der Waals surface area contributed by atoms with Gasteiger partial charge in [-0.05, 0) is 76.1 Å². The Labute approximate surface area is 257 Å². The van der Waals surface area contributed by atoms with Crippen LogP contribution in [0.3, 0.4) is 0 Å². The van der Waals surface area contributed by atoms with Gasteiger partial charge in [-0.3, -0.25) is 13.9 Å². The van der Waals surface area contributed by atoms with Crippen molar-refractivity contribution in [2.45, 2.75) is 64.6 Å². The number of carbonyl (C=O) groups excluding carboxylic acids is 2. The van der Waals surface area contributed by atoms with Crippen LogP contribution in [0.15, 0.2) is 65.6 Å². The van der Waals surface area contributed by atoms with Gasteiger partial charge in [0.05, 0.1) is 10.6 Å². The first kappa shape index (κ1) is 32.7. The number of nitrogens with one attached hydrogen (secondary N) is 1. The molecule has 0 radical (unpaired) electrons. The van der Waals surface area contributed by atoms with Crippen molar-refractivity contribution in [2.24, 2.45) is 0 Å². The van der Waals surface area contributed by atoms with Crippen LogP contribution >= 0.6 is 34.8 Å². The lowest BCUT2D eigenvalue weighted by Gasteiger charge is -2.34. The number of halogens is 3. The lowest BCUT2D eigenvalue weighted by molar-refractivity contribution is -0.140. The number of benzene rings is 3. The molecule has 3 aromatic rings. The van der Waals surface area contributed by atoms with Crippen molar-refractivity contribution in [1.82, 2.24) is 10.2 Å². The molecule has 0 saturated heterocycles. The van der Waals surface area contributed by atoms with E-state index in [4.69, 9.17) is 34.8 Å². The van der Waals surface area contributed by atoms with E-state index in [-0.39, 0.29) is 35.5 Å². The van der Waals surface area contributed by atoms with Crippen molar-refractivity contribution < 1.29 is 18.0 Å². The van der Waals surface area contributed by atoms with Crippen LogP contribution in [0.25, 0.3) is 0 Å². The lowest BCUT2D eigenvalue weighted by Crippen LogP contribution is -2.53. The molecule has 41 heavy (non-hydrogen) atoms. The smallest absolute Gasteiger partial charge is 0.264 e. The van der Waals surface area contributed by atoms with Crippen LogP contribution < -0.4 is 9.62 Å². The van der Waals surface area contributed by atoms with Crippen LogP contribution in [-0.4, -0.2) is 43.8 Å². The molecule has 0 spiro atoms. The zero-order valence-electron chi connectivity index (χ0n) is 23.6. The van der Waals surface area contributed by atoms with E-state index in [9.17, 15) is 18.0 Å². The summed E-state index contributed by atoms with van der Waals surface area (Å²) in [6, 6.07) is 15.0. The Morgan fingerprint density at radius 1 is 0.902 bits per heavy atom. The van der Waals surface area contributed by atoms with Crippen LogP contribution in [-0.2, 0) is 26.2 Å². The monoisotopic (exact) mass is 637 g/mol. The second-order valence-electron chi connectivity index (χ2n) is 10.1. The molecular formula is C30H34Cl3N3O4S. The maximum Gasteiger partial charge on any atom is 0.264 e. The van der Waals surface area contributed by atoms with Crippen LogP contribution in [0.4, 0.5) is 5.69 Å². The molecule has 2 amide bonds. The molecule has 0 saturated carbocycles. The molecule has 0 heterocycles. The Kier molecular flexibility index (Phi) is 11.1. The Morgan fingerprint density at radius 3 is 2.05 bits per heavy atom. The summed E-state index contributed by atoms with van der Waals surface area (Å²) in [5, 5.41) is 3.85. The molecule has 0 fully saturated rings. The van der Waals surface area contributed by atoms with E-state index in [0.29, 0.717) is 20.6 Å². The number of rotatable bonds is 11. The van der Waals surface area contributed by atoms with Crippen molar-refractivity contribution in [1.29, 1.82) is 0 Å². The minimum absolute atomic E-state index is 0.0119. The molecule has 11 heteroatoms. The average Bonchev–Trinajstić information content (AvgIpc) is 2.90. The molecule has 0 bridgehead atoms. The molecular weight excluding hydrogens is 605 g/mol. The van der Waals surface area contributed by atoms with Crippen molar-refractivity contribution >= 4 is 62.3 Å². The van der Waals surface area contributed by atoms with Gasteiger partial charge in [-0.2, -0.15) is 0 Å². The maximum absolute atomic E-state index is 14.1. The van der Waals surface area contributed by atoms with E-state index in [0.717, 1.165) is 15.4 Å². The molecule has 0 aliphatic heterocycles. The van der Waals surface area contributed by atoms with Crippen LogP contribution in [0.2, 0.25) is 15.1 Å². The third-order valence-electron chi connectivity index (χ3n) is 6.54. The second kappa shape index (κ2) is 13.9. The van der Waals surface area contributed by atoms with E-state index >= 15 is 0 Å². The zero-order chi connectivity index (χ0) is 30.5. The fourth-order valence-corrected chi connectivity index (χ4v) is 6.35. The standard InChI is InChI=1S/C30H34Cl3N3O4S/c1-6-28(30(38)34-19(2)3)35(17-24-25(31)8-7-9-26(24)32)29(37)18-36(22-13-12-21(5)27(33)16-22)41(39,40)23-14-10-20(4)11-15-23/h7-16,19,28H,6,17-18H2,1-5H3,(H,34,38). The van der Waals surface area contributed by atoms with E-state index < -0.39 is 28.5 Å². The van der Waals surface area contributed by atoms with Gasteiger partial charge in [0.15, 0.2) is 0 Å². The number of carbonyl (C=O) groups is 2. The van der Waals surface area contributed by atoms with Gasteiger partial charge in [0.2, 0.25) is 11.8 Å². The summed E-state index contributed by atoms with van der Waals surface area (Å²) in [5.74, 6) is -0.982. The first-order chi connectivity index (χ1) is 19.3. The fraction of sp³-hybridized carbons (Fsp3) is 0.333. The first-order valence-electron chi connectivity index (χ1n) is 13.1. The molecule has 0 aliphatic rings. The predicted molar refractivity (Wildman–Crippen MR) is 166 cm³/mol. The van der Waals surface area contributed by atoms with Gasteiger partial charge in [-0.1, -0.05) is 71.6 Å². The van der Waals surface area contributed by atoms with Gasteiger partial charge in [0.25, 0.3) is 10.0 Å². The van der Waals surface area contributed by atoms with Crippen molar-refractivity contribution in [2.75, 3.05) is 10.8 Å². The number of nitrogens with zero attached hydrogens (tertiary/aromatic N) is 2. The number of aryl methyl sites for hydroxylation is 2. The molecule has 1 N–H and O–H groups in total. The highest BCUT2D eigenvalue weighted by molar-refractivity contribution is 7.92. The normalized spacial score (nSPS) is 12.2. The minimum atomic E-state index is -4.22. The first-order valence-corrected chi connectivity index (χ1v) is 15.7. The average molecular weight is 639 g/mol. The Bertz CT molecular complexity index is 1490. The molecule has 3 aromatic carbocycles. The number of anilines is 1. The van der Waals surface area contributed by atoms with Gasteiger partial charge in [-0.15, -0.1) is 0 Å². The predicted octanol–water partition coefficient (Wildman–Crippen LogP) is 6.79. The van der Waals surface area contributed by atoms with Crippen molar-refractivity contribution in [3.8, 4) is 0 Å². The molecule has 0 aliphatic carbocycles. The summed E-state index contributed by atoms with van der Waals surface area (Å²) in [5.41, 5.74) is 2.30. The highest BCUT2D eigenvalue weighted by atomic mass is 35.5. The molecule has 1 unspecified atom stereocenters. The second-order valence-corrected chi connectivity index (χ2v) is 13.2. The molecule has 0 aromatic heterocycles. The number of hydrogen-bond acceptors (Lipinski definition) is 4. The lowest BCUT2D eigenvalue weighted by atomic mass is 10.1. The molecule has 220 valence electrons. The fourth-order valence-electron chi connectivity index (χ4n) is 4.26. The summed E-state index contributed by atoms with van der Waals surface area (Å²) >= 11 is 19.3. The van der Waals surface area contributed by atoms with Crippen LogP contribution in [0.5, 0.6) is 0 Å². The van der Waals surface area contributed by atoms with Gasteiger partial charge < -0.3 is 10.2 Å². The van der Waals surface area contributed by atoms with Crippen LogP contribution in [0.1, 0.15) is 43.9 Å². The van der Waals surface area contributed by atoms with Crippen LogP contribution in [0, 0.1) is 13.8 Å². The highest BCUT2D eigenvalue weighted by Crippen LogP contribution is 2.30. The summed E-state index contributed by atoms with van der Waals surface area (Å²) in [7, 11) is -4.22. The van der Waals surface area contributed by atoms with E-state index in [1.54, 1.807) is 56.3 Å². The van der Waals surface area contributed by atoms with Gasteiger partial charge in [0.1, 0.15) is 12.6 Å². The molecule has 7 nitrogen and oxygen atoms in total. The quantitative estimate of drug-likeness (QED) is 0.251. The Hall–Kier alpha value is -2.78. The number of amides is 2.